The van der Waals surface area contributed by atoms with Gasteiger partial charge in [0, 0.05) is 12.1 Å². The molecule has 1 amide bonds. The van der Waals surface area contributed by atoms with E-state index in [0.717, 1.165) is 24.9 Å². The summed E-state index contributed by atoms with van der Waals surface area (Å²) in [5, 5.41) is 2.95. The number of amides is 1. The number of unbranched alkanes of at least 4 members (excludes halogenated alkanes) is 1. The van der Waals surface area contributed by atoms with E-state index in [2.05, 4.69) is 31.3 Å². The summed E-state index contributed by atoms with van der Waals surface area (Å²) in [6.45, 7) is 5.03. The molecule has 0 spiro atoms. The van der Waals surface area contributed by atoms with Crippen molar-refractivity contribution in [1.82, 2.24) is 0 Å². The summed E-state index contributed by atoms with van der Waals surface area (Å²) in [5.74, 6) is 0.609. The van der Waals surface area contributed by atoms with Gasteiger partial charge in [0.25, 0.3) is 0 Å². The fourth-order valence-electron chi connectivity index (χ4n) is 2.17. The molecule has 0 saturated carbocycles. The summed E-state index contributed by atoms with van der Waals surface area (Å²) >= 11 is 0. The van der Waals surface area contributed by atoms with E-state index in [9.17, 15) is 4.79 Å². The van der Waals surface area contributed by atoms with Gasteiger partial charge in [0.15, 0.2) is 0 Å². The Hall–Kier alpha value is -1.35. The zero-order valence-corrected chi connectivity index (χ0v) is 12.8. The van der Waals surface area contributed by atoms with Crippen LogP contribution in [-0.4, -0.2) is 12.5 Å². The fourth-order valence-corrected chi connectivity index (χ4v) is 2.17. The van der Waals surface area contributed by atoms with Crippen molar-refractivity contribution in [2.45, 2.75) is 52.4 Å². The zero-order valence-electron chi connectivity index (χ0n) is 12.8. The number of carbonyl (C=O) groups excluding carboxylic acids is 1. The number of rotatable bonds is 9. The molecule has 1 aromatic rings. The van der Waals surface area contributed by atoms with Crippen molar-refractivity contribution < 1.29 is 4.79 Å². The summed E-state index contributed by atoms with van der Waals surface area (Å²) in [7, 11) is 0. The monoisotopic (exact) mass is 276 g/mol. The van der Waals surface area contributed by atoms with Gasteiger partial charge in [-0.25, -0.2) is 0 Å². The Morgan fingerprint density at radius 1 is 1.25 bits per heavy atom. The van der Waals surface area contributed by atoms with Crippen molar-refractivity contribution in [3.8, 4) is 0 Å². The molecule has 3 nitrogen and oxygen atoms in total. The van der Waals surface area contributed by atoms with Gasteiger partial charge in [-0.2, -0.15) is 0 Å². The van der Waals surface area contributed by atoms with E-state index in [1.165, 1.54) is 18.4 Å². The number of benzene rings is 1. The first-order chi connectivity index (χ1) is 9.65. The average molecular weight is 276 g/mol. The molecule has 0 fully saturated rings. The number of nitrogens with two attached hydrogens (primary N) is 1. The van der Waals surface area contributed by atoms with Gasteiger partial charge < -0.3 is 11.1 Å². The zero-order chi connectivity index (χ0) is 14.8. The van der Waals surface area contributed by atoms with Gasteiger partial charge in [-0.1, -0.05) is 32.4 Å². The molecule has 3 heteroatoms. The number of aryl methyl sites for hydroxylation is 1. The van der Waals surface area contributed by atoms with Gasteiger partial charge in [0.05, 0.1) is 0 Å². The Kier molecular flexibility index (Phi) is 7.97. The number of hydrogen-bond acceptors (Lipinski definition) is 2. The Balaban J connectivity index is 2.34. The number of carbonyl (C=O) groups is 1. The highest BCUT2D eigenvalue weighted by Gasteiger charge is 2.06. The molecule has 0 aliphatic rings. The van der Waals surface area contributed by atoms with E-state index in [0.29, 0.717) is 18.9 Å². The van der Waals surface area contributed by atoms with Crippen molar-refractivity contribution in [1.29, 1.82) is 0 Å². The molecule has 20 heavy (non-hydrogen) atoms. The van der Waals surface area contributed by atoms with E-state index < -0.39 is 0 Å². The second-order valence-corrected chi connectivity index (χ2v) is 5.57. The molecule has 0 radical (unpaired) electrons. The van der Waals surface area contributed by atoms with E-state index >= 15 is 0 Å². The minimum Gasteiger partial charge on any atom is -0.330 e. The molecule has 1 unspecified atom stereocenters. The maximum atomic E-state index is 11.8. The maximum Gasteiger partial charge on any atom is 0.224 e. The van der Waals surface area contributed by atoms with Crippen molar-refractivity contribution in [3.63, 3.8) is 0 Å². The van der Waals surface area contributed by atoms with Crippen molar-refractivity contribution >= 4 is 11.6 Å². The highest BCUT2D eigenvalue weighted by atomic mass is 16.1. The van der Waals surface area contributed by atoms with Gasteiger partial charge in [0.1, 0.15) is 0 Å². The number of hydrogen-bond donors (Lipinski definition) is 2. The van der Waals surface area contributed by atoms with Crippen LogP contribution >= 0.6 is 0 Å². The smallest absolute Gasteiger partial charge is 0.224 e. The largest absolute Gasteiger partial charge is 0.330 e. The van der Waals surface area contributed by atoms with Gasteiger partial charge in [-0.05, 0) is 55.8 Å². The molecule has 0 bridgehead atoms. The summed E-state index contributed by atoms with van der Waals surface area (Å²) < 4.78 is 0. The molecule has 0 saturated heterocycles. The third-order valence-corrected chi connectivity index (χ3v) is 3.58. The third-order valence-electron chi connectivity index (χ3n) is 3.58. The van der Waals surface area contributed by atoms with E-state index in [4.69, 9.17) is 5.73 Å². The summed E-state index contributed by atoms with van der Waals surface area (Å²) in [6.07, 6.45) is 5.99. The highest BCUT2D eigenvalue weighted by Crippen LogP contribution is 2.14. The molecule has 1 atom stereocenters. The maximum absolute atomic E-state index is 11.8. The molecular formula is C17H28N2O. The van der Waals surface area contributed by atoms with Gasteiger partial charge >= 0.3 is 0 Å². The van der Waals surface area contributed by atoms with E-state index in [1.807, 2.05) is 12.1 Å². The molecule has 0 heterocycles. The van der Waals surface area contributed by atoms with Crippen LogP contribution in [0.2, 0.25) is 0 Å². The third kappa shape index (κ3) is 6.71. The van der Waals surface area contributed by atoms with Gasteiger partial charge in [-0.3, -0.25) is 4.79 Å². The van der Waals surface area contributed by atoms with Crippen LogP contribution in [0.5, 0.6) is 0 Å². The highest BCUT2D eigenvalue weighted by molar-refractivity contribution is 5.90. The fraction of sp³-hybridized carbons (Fsp3) is 0.588. The SMILES string of the molecule is CCCCc1ccc(NC(=O)CCC(C)CCN)cc1. The summed E-state index contributed by atoms with van der Waals surface area (Å²) in [5.41, 5.74) is 7.73. The van der Waals surface area contributed by atoms with Gasteiger partial charge in [0.2, 0.25) is 5.91 Å². The lowest BCUT2D eigenvalue weighted by molar-refractivity contribution is -0.116. The van der Waals surface area contributed by atoms with Crippen molar-refractivity contribution in [2.24, 2.45) is 11.7 Å². The van der Waals surface area contributed by atoms with Crippen LogP contribution in [0.4, 0.5) is 5.69 Å². The summed E-state index contributed by atoms with van der Waals surface area (Å²) in [6, 6.07) is 8.18. The van der Waals surface area contributed by atoms with Crippen LogP contribution in [0.25, 0.3) is 0 Å². The lowest BCUT2D eigenvalue weighted by atomic mass is 10.0. The first-order valence-electron chi connectivity index (χ1n) is 7.74. The Labute approximate surface area is 122 Å². The first-order valence-corrected chi connectivity index (χ1v) is 7.74. The lowest BCUT2D eigenvalue weighted by Crippen LogP contribution is -2.14. The molecule has 0 aliphatic heterocycles. The molecule has 1 rings (SSSR count). The molecule has 0 aliphatic carbocycles. The normalized spacial score (nSPS) is 12.2. The second kappa shape index (κ2) is 9.54. The quantitative estimate of drug-likeness (QED) is 0.722. The van der Waals surface area contributed by atoms with E-state index in [-0.39, 0.29) is 5.91 Å². The van der Waals surface area contributed by atoms with Crippen LogP contribution in [0, 0.1) is 5.92 Å². The Bertz CT molecular complexity index is 386. The average Bonchev–Trinajstić information content (AvgIpc) is 2.45. The second-order valence-electron chi connectivity index (χ2n) is 5.57. The standard InChI is InChI=1S/C17H28N2O/c1-3-4-5-15-7-9-16(10-8-15)19-17(20)11-6-14(2)12-13-18/h7-10,14H,3-6,11-13,18H2,1-2H3,(H,19,20). The van der Waals surface area contributed by atoms with Crippen molar-refractivity contribution in [2.75, 3.05) is 11.9 Å². The van der Waals surface area contributed by atoms with Crippen LogP contribution in [0.1, 0.15) is 51.5 Å². The predicted octanol–water partition coefficient (Wildman–Crippen LogP) is 3.73. The van der Waals surface area contributed by atoms with Crippen LogP contribution in [0.15, 0.2) is 24.3 Å². The molecule has 3 N–H and O–H groups in total. The van der Waals surface area contributed by atoms with Gasteiger partial charge in [-0.15, -0.1) is 0 Å². The topological polar surface area (TPSA) is 55.1 Å². The predicted molar refractivity (Wildman–Crippen MR) is 85.8 cm³/mol. The van der Waals surface area contributed by atoms with Crippen LogP contribution < -0.4 is 11.1 Å². The summed E-state index contributed by atoms with van der Waals surface area (Å²) in [4.78, 5) is 11.8. The van der Waals surface area contributed by atoms with Crippen LogP contribution in [-0.2, 0) is 11.2 Å². The minimum absolute atomic E-state index is 0.0928. The van der Waals surface area contributed by atoms with Crippen LogP contribution in [0.3, 0.4) is 0 Å². The Morgan fingerprint density at radius 2 is 1.95 bits per heavy atom. The molecule has 0 aromatic heterocycles. The van der Waals surface area contributed by atoms with Crippen molar-refractivity contribution in [3.05, 3.63) is 29.8 Å². The van der Waals surface area contributed by atoms with E-state index in [1.54, 1.807) is 0 Å². The Morgan fingerprint density at radius 3 is 2.55 bits per heavy atom. The first kappa shape index (κ1) is 16.7. The minimum atomic E-state index is 0.0928. The molecule has 1 aromatic carbocycles. The molecular weight excluding hydrogens is 248 g/mol. The number of nitrogens with one attached hydrogen (secondary N) is 1. The molecule has 112 valence electrons. The number of anilines is 1. The lowest BCUT2D eigenvalue weighted by Gasteiger charge is -2.10.